The van der Waals surface area contributed by atoms with Crippen molar-refractivity contribution in [2.45, 2.75) is 57.7 Å². The van der Waals surface area contributed by atoms with Crippen molar-refractivity contribution in [2.75, 3.05) is 13.7 Å². The maximum atomic E-state index is 11.4. The molecule has 0 spiro atoms. The van der Waals surface area contributed by atoms with Crippen molar-refractivity contribution < 1.29 is 14.3 Å². The number of esters is 1. The lowest BCUT2D eigenvalue weighted by Gasteiger charge is -2.40. The zero-order valence-electron chi connectivity index (χ0n) is 11.2. The second-order valence-corrected chi connectivity index (χ2v) is 5.02. The number of hydrogen-bond acceptors (Lipinski definition) is 4. The minimum atomic E-state index is -0.526. The van der Waals surface area contributed by atoms with Crippen molar-refractivity contribution in [3.63, 3.8) is 0 Å². The quantitative estimate of drug-likeness (QED) is 0.749. The zero-order chi connectivity index (χ0) is 12.9. The van der Waals surface area contributed by atoms with Gasteiger partial charge < -0.3 is 15.2 Å². The van der Waals surface area contributed by atoms with E-state index in [1.165, 1.54) is 13.5 Å². The van der Waals surface area contributed by atoms with Gasteiger partial charge in [0.05, 0.1) is 12.7 Å². The van der Waals surface area contributed by atoms with E-state index in [2.05, 4.69) is 11.7 Å². The Morgan fingerprint density at radius 1 is 1.47 bits per heavy atom. The molecule has 4 nitrogen and oxygen atoms in total. The van der Waals surface area contributed by atoms with Crippen LogP contribution in [0.3, 0.4) is 0 Å². The van der Waals surface area contributed by atoms with Gasteiger partial charge in [-0.15, -0.1) is 0 Å². The molecule has 0 radical (unpaired) electrons. The van der Waals surface area contributed by atoms with Gasteiger partial charge in [0.2, 0.25) is 0 Å². The highest BCUT2D eigenvalue weighted by molar-refractivity contribution is 5.74. The van der Waals surface area contributed by atoms with Gasteiger partial charge in [0.15, 0.2) is 6.10 Å². The molecular weight excluding hydrogens is 218 g/mol. The third kappa shape index (κ3) is 3.68. The molecule has 100 valence electrons. The van der Waals surface area contributed by atoms with E-state index in [9.17, 15) is 4.79 Å². The molecule has 0 bridgehead atoms. The highest BCUT2D eigenvalue weighted by Gasteiger charge is 2.37. The van der Waals surface area contributed by atoms with Crippen LogP contribution in [-0.2, 0) is 14.3 Å². The third-order valence-corrected chi connectivity index (χ3v) is 3.93. The summed E-state index contributed by atoms with van der Waals surface area (Å²) in [5.41, 5.74) is 5.52. The Bertz CT molecular complexity index is 247. The first kappa shape index (κ1) is 14.5. The first-order valence-electron chi connectivity index (χ1n) is 6.52. The summed E-state index contributed by atoms with van der Waals surface area (Å²) in [5, 5.41) is 0. The fourth-order valence-electron chi connectivity index (χ4n) is 2.57. The van der Waals surface area contributed by atoms with E-state index in [0.717, 1.165) is 31.6 Å². The van der Waals surface area contributed by atoms with Gasteiger partial charge in [-0.1, -0.05) is 13.3 Å². The zero-order valence-corrected chi connectivity index (χ0v) is 11.2. The normalized spacial score (nSPS) is 30.9. The Hall–Kier alpha value is -0.610. The predicted molar refractivity (Wildman–Crippen MR) is 66.6 cm³/mol. The summed E-state index contributed by atoms with van der Waals surface area (Å²) in [6, 6.07) is 0. The van der Waals surface area contributed by atoms with Crippen LogP contribution in [0.15, 0.2) is 0 Å². The molecule has 0 heterocycles. The fraction of sp³-hybridized carbons (Fsp3) is 0.923. The van der Waals surface area contributed by atoms with Crippen LogP contribution in [0, 0.1) is 5.92 Å². The Balaban J connectivity index is 2.55. The minimum Gasteiger partial charge on any atom is -0.467 e. The van der Waals surface area contributed by atoms with Crippen molar-refractivity contribution in [2.24, 2.45) is 11.7 Å². The molecule has 1 aliphatic rings. The van der Waals surface area contributed by atoms with Gasteiger partial charge in [-0.2, -0.15) is 0 Å². The van der Waals surface area contributed by atoms with Crippen LogP contribution in [0.5, 0.6) is 0 Å². The number of ether oxygens (including phenoxy) is 2. The number of carbonyl (C=O) groups is 1. The number of methoxy groups -OCH3 is 1. The summed E-state index contributed by atoms with van der Waals surface area (Å²) in [7, 11) is 1.38. The molecule has 0 aliphatic heterocycles. The average molecular weight is 243 g/mol. The molecule has 17 heavy (non-hydrogen) atoms. The second-order valence-electron chi connectivity index (χ2n) is 5.02. The molecule has 1 fully saturated rings. The highest BCUT2D eigenvalue weighted by atomic mass is 16.6. The number of rotatable bonds is 5. The maximum Gasteiger partial charge on any atom is 0.334 e. The molecule has 0 aromatic heterocycles. The second kappa shape index (κ2) is 6.36. The first-order valence-corrected chi connectivity index (χ1v) is 6.52. The lowest BCUT2D eigenvalue weighted by molar-refractivity contribution is -0.169. The Kier molecular flexibility index (Phi) is 5.40. The molecule has 1 rings (SSSR count). The van der Waals surface area contributed by atoms with Crippen LogP contribution in [0.1, 0.15) is 46.0 Å². The summed E-state index contributed by atoms with van der Waals surface area (Å²) in [6.45, 7) is 4.43. The Morgan fingerprint density at radius 2 is 2.06 bits per heavy atom. The van der Waals surface area contributed by atoms with Crippen molar-refractivity contribution in [3.8, 4) is 0 Å². The number of carbonyl (C=O) groups excluding carboxylic acids is 1. The van der Waals surface area contributed by atoms with Gasteiger partial charge in [0, 0.05) is 6.54 Å². The Labute approximate surface area is 104 Å². The minimum absolute atomic E-state index is 0.320. The summed E-state index contributed by atoms with van der Waals surface area (Å²) < 4.78 is 10.6. The summed E-state index contributed by atoms with van der Waals surface area (Å²) in [6.07, 6.45) is 4.87. The first-order chi connectivity index (χ1) is 8.06. The van der Waals surface area contributed by atoms with Gasteiger partial charge in [-0.05, 0) is 38.5 Å². The van der Waals surface area contributed by atoms with Crippen molar-refractivity contribution >= 4 is 5.97 Å². The molecule has 0 saturated heterocycles. The molecule has 1 saturated carbocycles. The summed E-state index contributed by atoms with van der Waals surface area (Å²) in [4.78, 5) is 11.4. The monoisotopic (exact) mass is 243 g/mol. The van der Waals surface area contributed by atoms with E-state index in [1.807, 2.05) is 0 Å². The average Bonchev–Trinajstić information content (AvgIpc) is 2.38. The van der Waals surface area contributed by atoms with Crippen LogP contribution in [0.4, 0.5) is 0 Å². The van der Waals surface area contributed by atoms with E-state index in [1.54, 1.807) is 6.92 Å². The topological polar surface area (TPSA) is 61.5 Å². The summed E-state index contributed by atoms with van der Waals surface area (Å²) in [5.74, 6) is 0.460. The molecule has 4 heteroatoms. The predicted octanol–water partition coefficient (Wildman–Crippen LogP) is 1.86. The molecule has 1 atom stereocenters. The van der Waals surface area contributed by atoms with Crippen LogP contribution in [-0.4, -0.2) is 31.3 Å². The van der Waals surface area contributed by atoms with E-state index in [-0.39, 0.29) is 11.6 Å². The van der Waals surface area contributed by atoms with Gasteiger partial charge in [0.1, 0.15) is 0 Å². The number of nitrogens with two attached hydrogens (primary N) is 1. The molecule has 0 aromatic carbocycles. The van der Waals surface area contributed by atoms with Gasteiger partial charge >= 0.3 is 5.97 Å². The molecule has 0 aromatic rings. The van der Waals surface area contributed by atoms with Gasteiger partial charge in [-0.25, -0.2) is 4.79 Å². The van der Waals surface area contributed by atoms with Gasteiger partial charge in [0.25, 0.3) is 0 Å². The largest absolute Gasteiger partial charge is 0.467 e. The molecule has 1 unspecified atom stereocenters. The van der Waals surface area contributed by atoms with Crippen LogP contribution in [0.25, 0.3) is 0 Å². The lowest BCUT2D eigenvalue weighted by atomic mass is 9.77. The SMILES string of the molecule is CCC1CCC(CN)(OC(C)C(=O)OC)CC1. The van der Waals surface area contributed by atoms with Crippen LogP contribution in [0.2, 0.25) is 0 Å². The molecule has 2 N–H and O–H groups in total. The van der Waals surface area contributed by atoms with Crippen molar-refractivity contribution in [1.29, 1.82) is 0 Å². The van der Waals surface area contributed by atoms with E-state index in [4.69, 9.17) is 10.5 Å². The standard InChI is InChI=1S/C13H25NO3/c1-4-11-5-7-13(9-14,8-6-11)17-10(2)12(15)16-3/h10-11H,4-9,14H2,1-3H3. The summed E-state index contributed by atoms with van der Waals surface area (Å²) >= 11 is 0. The molecular formula is C13H25NO3. The fourth-order valence-corrected chi connectivity index (χ4v) is 2.57. The third-order valence-electron chi connectivity index (χ3n) is 3.93. The van der Waals surface area contributed by atoms with Crippen LogP contribution >= 0.6 is 0 Å². The Morgan fingerprint density at radius 3 is 2.47 bits per heavy atom. The highest BCUT2D eigenvalue weighted by Crippen LogP contribution is 2.36. The smallest absolute Gasteiger partial charge is 0.334 e. The molecule has 1 aliphatic carbocycles. The van der Waals surface area contributed by atoms with Crippen molar-refractivity contribution in [3.05, 3.63) is 0 Å². The van der Waals surface area contributed by atoms with Crippen LogP contribution < -0.4 is 5.73 Å². The number of hydrogen-bond donors (Lipinski definition) is 1. The van der Waals surface area contributed by atoms with Gasteiger partial charge in [-0.3, -0.25) is 0 Å². The lowest BCUT2D eigenvalue weighted by Crippen LogP contribution is -2.47. The maximum absolute atomic E-state index is 11.4. The van der Waals surface area contributed by atoms with E-state index >= 15 is 0 Å². The molecule has 0 amide bonds. The van der Waals surface area contributed by atoms with Crippen molar-refractivity contribution in [1.82, 2.24) is 0 Å². The van der Waals surface area contributed by atoms with E-state index in [0.29, 0.717) is 6.54 Å². The van der Waals surface area contributed by atoms with E-state index < -0.39 is 6.10 Å².